The summed E-state index contributed by atoms with van der Waals surface area (Å²) in [6.07, 6.45) is -0.955. The lowest BCUT2D eigenvalue weighted by Gasteiger charge is -2.32. The van der Waals surface area contributed by atoms with E-state index < -0.39 is 11.8 Å². The second-order valence-electron chi connectivity index (χ2n) is 2.25. The Labute approximate surface area is 57.1 Å². The highest BCUT2D eigenvalue weighted by Gasteiger charge is 2.40. The maximum absolute atomic E-state index is 12.8. The predicted octanol–water partition coefficient (Wildman–Crippen LogP) is -0.180. The van der Waals surface area contributed by atoms with Crippen molar-refractivity contribution in [1.29, 1.82) is 0 Å². The van der Waals surface area contributed by atoms with E-state index in [2.05, 4.69) is 15.2 Å². The zero-order valence-electron chi connectivity index (χ0n) is 5.30. The van der Waals surface area contributed by atoms with Gasteiger partial charge in [0.2, 0.25) is 0 Å². The molecule has 1 rings (SSSR count). The van der Waals surface area contributed by atoms with E-state index in [-0.39, 0.29) is 19.8 Å². The van der Waals surface area contributed by atoms with Crippen molar-refractivity contribution in [3.05, 3.63) is 0 Å². The Bertz CT molecular complexity index is 146. The molecule has 1 aliphatic heterocycles. The number of halogens is 1. The first-order valence-electron chi connectivity index (χ1n) is 2.81. The summed E-state index contributed by atoms with van der Waals surface area (Å²) in [5, 5.41) is 0. The topological polar surface area (TPSA) is 61.6 Å². The van der Waals surface area contributed by atoms with E-state index in [1.54, 1.807) is 0 Å². The van der Waals surface area contributed by atoms with Gasteiger partial charge in [-0.3, -0.25) is 0 Å². The number of carbonyl (C=O) groups is 1. The van der Waals surface area contributed by atoms with Crippen LogP contribution in [-0.2, 0) is 9.47 Å². The van der Waals surface area contributed by atoms with Crippen LogP contribution in [0.1, 0.15) is 0 Å². The number of alkyl halides is 1. The molecule has 0 aliphatic carbocycles. The average molecular weight is 149 g/mol. The molecular weight excluding hydrogens is 141 g/mol. The van der Waals surface area contributed by atoms with Gasteiger partial charge >= 0.3 is 6.09 Å². The number of ether oxygens (including phenoxy) is 2. The minimum Gasteiger partial charge on any atom is -0.446 e. The summed E-state index contributed by atoms with van der Waals surface area (Å²) in [5.41, 5.74) is 3.12. The molecule has 1 aliphatic rings. The van der Waals surface area contributed by atoms with Crippen LogP contribution in [0.4, 0.5) is 9.18 Å². The second-order valence-corrected chi connectivity index (χ2v) is 2.25. The first-order chi connectivity index (χ1) is 4.62. The van der Waals surface area contributed by atoms with Crippen LogP contribution in [0.3, 0.4) is 0 Å². The molecule has 0 aromatic heterocycles. The largest absolute Gasteiger partial charge is 0.446 e. The lowest BCUT2D eigenvalue weighted by Crippen LogP contribution is -2.49. The Morgan fingerprint density at radius 1 is 1.80 bits per heavy atom. The van der Waals surface area contributed by atoms with Crippen LogP contribution < -0.4 is 5.73 Å². The first-order valence-corrected chi connectivity index (χ1v) is 2.81. The molecule has 1 fully saturated rings. The minimum atomic E-state index is -1.49. The molecule has 1 heterocycles. The quantitative estimate of drug-likeness (QED) is 0.592. The third-order valence-corrected chi connectivity index (χ3v) is 1.19. The standard InChI is InChI=1S/C5H8FNO3/c6-5(1-9-2-5)3-10-4(7)8/h1-3H2,(H2,7,8). The van der Waals surface area contributed by atoms with Crippen molar-refractivity contribution in [3.63, 3.8) is 0 Å². The van der Waals surface area contributed by atoms with Crippen molar-refractivity contribution in [1.82, 2.24) is 0 Å². The minimum absolute atomic E-state index is 0.0136. The summed E-state index contributed by atoms with van der Waals surface area (Å²) in [5.74, 6) is 0. The summed E-state index contributed by atoms with van der Waals surface area (Å²) in [6, 6.07) is 0. The zero-order valence-corrected chi connectivity index (χ0v) is 5.30. The van der Waals surface area contributed by atoms with Crippen LogP contribution >= 0.6 is 0 Å². The SMILES string of the molecule is NC(=O)OCC1(F)COC1. The Balaban J connectivity index is 2.18. The number of amides is 1. The molecule has 0 saturated carbocycles. The molecule has 0 unspecified atom stereocenters. The van der Waals surface area contributed by atoms with Crippen LogP contribution in [-0.4, -0.2) is 31.6 Å². The number of rotatable bonds is 2. The van der Waals surface area contributed by atoms with Gasteiger partial charge in [-0.1, -0.05) is 0 Å². The van der Waals surface area contributed by atoms with E-state index >= 15 is 0 Å². The fraction of sp³-hybridized carbons (Fsp3) is 0.800. The van der Waals surface area contributed by atoms with E-state index in [9.17, 15) is 9.18 Å². The molecule has 1 amide bonds. The van der Waals surface area contributed by atoms with Crippen molar-refractivity contribution in [3.8, 4) is 0 Å². The molecule has 0 bridgehead atoms. The lowest BCUT2D eigenvalue weighted by molar-refractivity contribution is -0.150. The highest BCUT2D eigenvalue weighted by atomic mass is 19.1. The molecule has 5 heteroatoms. The highest BCUT2D eigenvalue weighted by molar-refractivity contribution is 5.64. The number of hydrogen-bond donors (Lipinski definition) is 1. The van der Waals surface area contributed by atoms with Gasteiger partial charge in [-0.05, 0) is 0 Å². The van der Waals surface area contributed by atoms with Gasteiger partial charge in [-0.2, -0.15) is 0 Å². The second kappa shape index (κ2) is 2.42. The van der Waals surface area contributed by atoms with Gasteiger partial charge in [0.1, 0.15) is 6.61 Å². The first kappa shape index (κ1) is 7.27. The van der Waals surface area contributed by atoms with Crippen LogP contribution in [0.25, 0.3) is 0 Å². The Morgan fingerprint density at radius 2 is 2.40 bits per heavy atom. The Morgan fingerprint density at radius 3 is 2.70 bits per heavy atom. The van der Waals surface area contributed by atoms with Gasteiger partial charge in [0.05, 0.1) is 13.2 Å². The summed E-state index contributed by atoms with van der Waals surface area (Å²) in [7, 11) is 0. The van der Waals surface area contributed by atoms with E-state index in [0.29, 0.717) is 0 Å². The van der Waals surface area contributed by atoms with Crippen molar-refractivity contribution >= 4 is 6.09 Å². The summed E-state index contributed by atoms with van der Waals surface area (Å²) in [6.45, 7) is -0.330. The van der Waals surface area contributed by atoms with E-state index in [0.717, 1.165) is 0 Å². The average Bonchev–Trinajstić information content (AvgIpc) is 1.79. The van der Waals surface area contributed by atoms with E-state index in [1.807, 2.05) is 0 Å². The smallest absolute Gasteiger partial charge is 0.404 e. The third kappa shape index (κ3) is 1.57. The molecule has 1 saturated heterocycles. The third-order valence-electron chi connectivity index (χ3n) is 1.19. The number of carbonyl (C=O) groups excluding carboxylic acids is 1. The van der Waals surface area contributed by atoms with Crippen molar-refractivity contribution in [2.45, 2.75) is 5.67 Å². The Kier molecular flexibility index (Phi) is 1.76. The van der Waals surface area contributed by atoms with Crippen molar-refractivity contribution < 1.29 is 18.7 Å². The van der Waals surface area contributed by atoms with Gasteiger partial charge in [0, 0.05) is 0 Å². The van der Waals surface area contributed by atoms with Gasteiger partial charge in [-0.15, -0.1) is 0 Å². The van der Waals surface area contributed by atoms with Crippen molar-refractivity contribution in [2.24, 2.45) is 5.73 Å². The van der Waals surface area contributed by atoms with Crippen LogP contribution in [0.15, 0.2) is 0 Å². The number of nitrogens with two attached hydrogens (primary N) is 1. The fourth-order valence-electron chi connectivity index (χ4n) is 0.607. The molecule has 4 nitrogen and oxygen atoms in total. The van der Waals surface area contributed by atoms with E-state index in [4.69, 9.17) is 0 Å². The van der Waals surface area contributed by atoms with E-state index in [1.165, 1.54) is 0 Å². The van der Waals surface area contributed by atoms with Crippen LogP contribution in [0.5, 0.6) is 0 Å². The maximum Gasteiger partial charge on any atom is 0.404 e. The van der Waals surface area contributed by atoms with Gasteiger partial charge in [0.15, 0.2) is 5.67 Å². The van der Waals surface area contributed by atoms with Crippen molar-refractivity contribution in [2.75, 3.05) is 19.8 Å². The van der Waals surface area contributed by atoms with Gasteiger partial charge in [-0.25, -0.2) is 9.18 Å². The predicted molar refractivity (Wildman–Crippen MR) is 30.2 cm³/mol. The summed E-state index contributed by atoms with van der Waals surface area (Å²) in [4.78, 5) is 9.98. The zero-order chi connectivity index (χ0) is 7.61. The number of hydrogen-bond acceptors (Lipinski definition) is 3. The van der Waals surface area contributed by atoms with Crippen LogP contribution in [0.2, 0.25) is 0 Å². The molecule has 10 heavy (non-hydrogen) atoms. The summed E-state index contributed by atoms with van der Waals surface area (Å²) < 4.78 is 21.6. The highest BCUT2D eigenvalue weighted by Crippen LogP contribution is 2.21. The molecule has 2 N–H and O–H groups in total. The fourth-order valence-corrected chi connectivity index (χ4v) is 0.607. The molecule has 0 atom stereocenters. The Hall–Kier alpha value is -0.840. The molecular formula is C5H8FNO3. The number of primary amides is 1. The summed E-state index contributed by atoms with van der Waals surface area (Å²) >= 11 is 0. The molecule has 0 spiro atoms. The van der Waals surface area contributed by atoms with Crippen LogP contribution in [0, 0.1) is 0 Å². The molecule has 0 aromatic carbocycles. The monoisotopic (exact) mass is 149 g/mol. The normalized spacial score (nSPS) is 21.3. The maximum atomic E-state index is 12.8. The van der Waals surface area contributed by atoms with Gasteiger partial charge in [0.25, 0.3) is 0 Å². The molecule has 0 aromatic rings. The molecule has 58 valence electrons. The molecule has 0 radical (unpaired) electrons. The van der Waals surface area contributed by atoms with Gasteiger partial charge < -0.3 is 15.2 Å². The lowest BCUT2D eigenvalue weighted by atomic mass is 10.1.